The van der Waals surface area contributed by atoms with Crippen molar-refractivity contribution in [2.75, 3.05) is 5.73 Å². The Morgan fingerprint density at radius 2 is 2.15 bits per heavy atom. The van der Waals surface area contributed by atoms with Crippen molar-refractivity contribution in [3.05, 3.63) is 29.8 Å². The van der Waals surface area contributed by atoms with Gasteiger partial charge in [0.2, 0.25) is 0 Å². The summed E-state index contributed by atoms with van der Waals surface area (Å²) in [6.07, 6.45) is 7.11. The molecule has 68 valence electrons. The van der Waals surface area contributed by atoms with Crippen LogP contribution in [0.3, 0.4) is 0 Å². The van der Waals surface area contributed by atoms with Crippen LogP contribution in [0.1, 0.15) is 31.2 Å². The highest BCUT2D eigenvalue weighted by Gasteiger charge is 2.09. The molecule has 0 saturated carbocycles. The fourth-order valence-electron chi connectivity index (χ4n) is 1.50. The highest BCUT2D eigenvalue weighted by atomic mass is 14.6. The van der Waals surface area contributed by atoms with Crippen LogP contribution < -0.4 is 5.73 Å². The Bertz CT molecular complexity index is 309. The molecule has 0 aliphatic rings. The molecule has 1 unspecified atom stereocenters. The lowest BCUT2D eigenvalue weighted by molar-refractivity contribution is 0.687. The number of nitrogen functional groups attached to an aromatic ring is 1. The molecule has 1 aromatic carbocycles. The van der Waals surface area contributed by atoms with E-state index in [9.17, 15) is 0 Å². The predicted molar refractivity (Wildman–Crippen MR) is 57.3 cm³/mol. The molecule has 0 fully saturated rings. The van der Waals surface area contributed by atoms with Crippen molar-refractivity contribution in [3.8, 4) is 12.3 Å². The van der Waals surface area contributed by atoms with Gasteiger partial charge in [-0.25, -0.2) is 0 Å². The normalized spacial score (nSPS) is 12.0. The van der Waals surface area contributed by atoms with Crippen molar-refractivity contribution in [1.82, 2.24) is 0 Å². The molecule has 0 heterocycles. The first-order valence-corrected chi connectivity index (χ1v) is 4.57. The Hall–Kier alpha value is -1.42. The predicted octanol–water partition coefficient (Wildman–Crippen LogP) is 2.79. The number of benzene rings is 1. The van der Waals surface area contributed by atoms with Crippen LogP contribution in [0.15, 0.2) is 24.3 Å². The van der Waals surface area contributed by atoms with Gasteiger partial charge in [0.05, 0.1) is 0 Å². The van der Waals surface area contributed by atoms with E-state index in [-0.39, 0.29) is 0 Å². The van der Waals surface area contributed by atoms with E-state index in [1.165, 1.54) is 5.56 Å². The van der Waals surface area contributed by atoms with Gasteiger partial charge in [-0.2, -0.15) is 0 Å². The molecule has 13 heavy (non-hydrogen) atoms. The monoisotopic (exact) mass is 173 g/mol. The molecule has 0 amide bonds. The van der Waals surface area contributed by atoms with Gasteiger partial charge in [-0.1, -0.05) is 25.1 Å². The number of nitrogens with two attached hydrogens (primary N) is 1. The number of para-hydroxylation sites is 1. The average Bonchev–Trinajstić information content (AvgIpc) is 2.16. The van der Waals surface area contributed by atoms with Crippen molar-refractivity contribution in [3.63, 3.8) is 0 Å². The van der Waals surface area contributed by atoms with Gasteiger partial charge in [-0.05, 0) is 24.0 Å². The standard InChI is InChI=1S/C12H15N/c1-3-7-10(4-2)11-8-5-6-9-12(11)13/h1,5-6,8-10H,4,7,13H2,2H3. The zero-order chi connectivity index (χ0) is 9.68. The van der Waals surface area contributed by atoms with Crippen LogP contribution in [0.2, 0.25) is 0 Å². The highest BCUT2D eigenvalue weighted by Crippen LogP contribution is 2.27. The van der Waals surface area contributed by atoms with Gasteiger partial charge >= 0.3 is 0 Å². The second kappa shape index (κ2) is 4.57. The molecule has 1 rings (SSSR count). The van der Waals surface area contributed by atoms with E-state index in [1.807, 2.05) is 18.2 Å². The summed E-state index contributed by atoms with van der Waals surface area (Å²) in [6.45, 7) is 2.13. The van der Waals surface area contributed by atoms with Gasteiger partial charge in [0.25, 0.3) is 0 Å². The zero-order valence-electron chi connectivity index (χ0n) is 7.96. The molecule has 0 aliphatic carbocycles. The fourth-order valence-corrected chi connectivity index (χ4v) is 1.50. The third kappa shape index (κ3) is 2.26. The van der Waals surface area contributed by atoms with Gasteiger partial charge in [0, 0.05) is 12.1 Å². The Morgan fingerprint density at radius 3 is 2.69 bits per heavy atom. The van der Waals surface area contributed by atoms with E-state index < -0.39 is 0 Å². The zero-order valence-corrected chi connectivity index (χ0v) is 7.96. The second-order valence-electron chi connectivity index (χ2n) is 3.14. The molecule has 1 atom stereocenters. The first-order chi connectivity index (χ1) is 6.29. The van der Waals surface area contributed by atoms with Crippen LogP contribution in [0.5, 0.6) is 0 Å². The molecular formula is C12H15N. The maximum absolute atomic E-state index is 5.86. The van der Waals surface area contributed by atoms with Crippen molar-refractivity contribution in [1.29, 1.82) is 0 Å². The molecule has 1 heteroatoms. The van der Waals surface area contributed by atoms with Crippen LogP contribution in [0.4, 0.5) is 5.69 Å². The Balaban J connectivity index is 2.92. The first kappa shape index (κ1) is 9.67. The van der Waals surface area contributed by atoms with Crippen LogP contribution in [-0.2, 0) is 0 Å². The average molecular weight is 173 g/mol. The third-order valence-corrected chi connectivity index (χ3v) is 2.29. The first-order valence-electron chi connectivity index (χ1n) is 4.57. The quantitative estimate of drug-likeness (QED) is 0.552. The molecule has 1 aromatic rings. The molecule has 2 N–H and O–H groups in total. The second-order valence-corrected chi connectivity index (χ2v) is 3.14. The maximum atomic E-state index is 5.86. The summed E-state index contributed by atoms with van der Waals surface area (Å²) in [4.78, 5) is 0. The van der Waals surface area contributed by atoms with Crippen molar-refractivity contribution >= 4 is 5.69 Å². The molecule has 0 radical (unpaired) electrons. The molecule has 0 saturated heterocycles. The lowest BCUT2D eigenvalue weighted by Crippen LogP contribution is -2.00. The van der Waals surface area contributed by atoms with Gasteiger partial charge in [0.1, 0.15) is 0 Å². The minimum Gasteiger partial charge on any atom is -0.398 e. The highest BCUT2D eigenvalue weighted by molar-refractivity contribution is 5.48. The van der Waals surface area contributed by atoms with Crippen molar-refractivity contribution in [2.45, 2.75) is 25.7 Å². The van der Waals surface area contributed by atoms with Gasteiger partial charge in [-0.15, -0.1) is 12.3 Å². The topological polar surface area (TPSA) is 26.0 Å². The molecular weight excluding hydrogens is 158 g/mol. The minimum atomic E-state index is 0.409. The van der Waals surface area contributed by atoms with Crippen LogP contribution >= 0.6 is 0 Å². The Morgan fingerprint density at radius 1 is 1.46 bits per heavy atom. The van der Waals surface area contributed by atoms with E-state index >= 15 is 0 Å². The Labute approximate surface area is 80.0 Å². The van der Waals surface area contributed by atoms with Gasteiger partial charge in [0.15, 0.2) is 0 Å². The van der Waals surface area contributed by atoms with Crippen molar-refractivity contribution in [2.24, 2.45) is 0 Å². The van der Waals surface area contributed by atoms with E-state index in [1.54, 1.807) is 0 Å². The number of hydrogen-bond acceptors (Lipinski definition) is 1. The van der Waals surface area contributed by atoms with E-state index in [2.05, 4.69) is 18.9 Å². The lowest BCUT2D eigenvalue weighted by Gasteiger charge is -2.14. The van der Waals surface area contributed by atoms with Crippen LogP contribution in [-0.4, -0.2) is 0 Å². The SMILES string of the molecule is C#CCC(CC)c1ccccc1N. The summed E-state index contributed by atoms with van der Waals surface area (Å²) in [5, 5.41) is 0. The lowest BCUT2D eigenvalue weighted by atomic mass is 9.92. The molecule has 0 spiro atoms. The van der Waals surface area contributed by atoms with Crippen LogP contribution in [0.25, 0.3) is 0 Å². The number of rotatable bonds is 3. The molecule has 0 aromatic heterocycles. The number of anilines is 1. The molecule has 0 bridgehead atoms. The maximum Gasteiger partial charge on any atom is 0.0349 e. The van der Waals surface area contributed by atoms with Crippen LogP contribution in [0, 0.1) is 12.3 Å². The van der Waals surface area contributed by atoms with E-state index in [0.717, 1.165) is 18.5 Å². The van der Waals surface area contributed by atoms with E-state index in [0.29, 0.717) is 5.92 Å². The molecule has 0 aliphatic heterocycles. The summed E-state index contributed by atoms with van der Waals surface area (Å²) in [5.74, 6) is 3.10. The Kier molecular flexibility index (Phi) is 3.40. The number of hydrogen-bond donors (Lipinski definition) is 1. The fraction of sp³-hybridized carbons (Fsp3) is 0.333. The summed E-state index contributed by atoms with van der Waals surface area (Å²) in [5.41, 5.74) is 7.89. The van der Waals surface area contributed by atoms with Gasteiger partial charge in [-0.3, -0.25) is 0 Å². The number of terminal acetylenes is 1. The summed E-state index contributed by atoms with van der Waals surface area (Å²) < 4.78 is 0. The van der Waals surface area contributed by atoms with Crippen molar-refractivity contribution < 1.29 is 0 Å². The van der Waals surface area contributed by atoms with Gasteiger partial charge < -0.3 is 5.73 Å². The third-order valence-electron chi connectivity index (χ3n) is 2.29. The summed E-state index contributed by atoms with van der Waals surface area (Å²) >= 11 is 0. The largest absolute Gasteiger partial charge is 0.398 e. The summed E-state index contributed by atoms with van der Waals surface area (Å²) in [7, 11) is 0. The molecule has 1 nitrogen and oxygen atoms in total. The summed E-state index contributed by atoms with van der Waals surface area (Å²) in [6, 6.07) is 7.93. The minimum absolute atomic E-state index is 0.409. The smallest absolute Gasteiger partial charge is 0.0349 e. The van der Waals surface area contributed by atoms with E-state index in [4.69, 9.17) is 12.2 Å².